The molecule has 0 fully saturated rings. The van der Waals surface area contributed by atoms with E-state index in [1.54, 1.807) is 19.1 Å². The Kier molecular flexibility index (Phi) is 6.83. The first-order valence-corrected chi connectivity index (χ1v) is 6.06. The van der Waals surface area contributed by atoms with Crippen LogP contribution in [-0.2, 0) is 11.3 Å². The van der Waals surface area contributed by atoms with Crippen LogP contribution < -0.4 is 5.32 Å². The second-order valence-electron chi connectivity index (χ2n) is 4.33. The number of hydrogen-bond acceptors (Lipinski definition) is 3. The maximum atomic E-state index is 13.4. The zero-order chi connectivity index (χ0) is 14.3. The van der Waals surface area contributed by atoms with Crippen LogP contribution in [0.15, 0.2) is 12.1 Å². The third-order valence-electron chi connectivity index (χ3n) is 2.69. The fourth-order valence-electron chi connectivity index (χ4n) is 1.64. The Morgan fingerprint density at radius 1 is 1.16 bits per heavy atom. The predicted octanol–water partition coefficient (Wildman–Crippen LogP) is 1.77. The summed E-state index contributed by atoms with van der Waals surface area (Å²) < 4.78 is 44.5. The Bertz CT molecular complexity index is 378. The topological polar surface area (TPSA) is 24.5 Å². The number of ether oxygens (including phenoxy) is 1. The third kappa shape index (κ3) is 5.59. The summed E-state index contributed by atoms with van der Waals surface area (Å²) in [6.07, 6.45) is 0. The Hall–Kier alpha value is -1.11. The standard InChI is InChI=1S/C13H19F3N2O/c1-18(5-3-17-4-6-19-2)9-11-12(15)7-10(14)8-13(11)16/h7-8,17H,3-6,9H2,1-2H3. The summed E-state index contributed by atoms with van der Waals surface area (Å²) in [6, 6.07) is 1.40. The van der Waals surface area contributed by atoms with Crippen LogP contribution in [-0.4, -0.2) is 45.3 Å². The summed E-state index contributed by atoms with van der Waals surface area (Å²) in [4.78, 5) is 1.76. The monoisotopic (exact) mass is 276 g/mol. The minimum absolute atomic E-state index is 0.101. The van der Waals surface area contributed by atoms with Gasteiger partial charge in [-0.2, -0.15) is 0 Å². The van der Waals surface area contributed by atoms with Crippen molar-refractivity contribution >= 4 is 0 Å². The van der Waals surface area contributed by atoms with Crippen LogP contribution in [0.3, 0.4) is 0 Å². The molecule has 0 aliphatic heterocycles. The number of nitrogens with zero attached hydrogens (tertiary/aromatic N) is 1. The summed E-state index contributed by atoms with van der Waals surface area (Å²) in [5, 5.41) is 3.13. The molecule has 0 aromatic heterocycles. The maximum Gasteiger partial charge on any atom is 0.133 e. The van der Waals surface area contributed by atoms with Gasteiger partial charge in [0.15, 0.2) is 0 Å². The average molecular weight is 276 g/mol. The zero-order valence-electron chi connectivity index (χ0n) is 11.2. The Labute approximate surface area is 111 Å². The van der Waals surface area contributed by atoms with Crippen molar-refractivity contribution in [1.82, 2.24) is 10.2 Å². The van der Waals surface area contributed by atoms with Crippen LogP contribution in [0.1, 0.15) is 5.56 Å². The van der Waals surface area contributed by atoms with Crippen molar-refractivity contribution in [2.45, 2.75) is 6.54 Å². The number of hydrogen-bond donors (Lipinski definition) is 1. The molecule has 1 N–H and O–H groups in total. The minimum atomic E-state index is -0.900. The van der Waals surface area contributed by atoms with Crippen molar-refractivity contribution in [3.05, 3.63) is 35.1 Å². The van der Waals surface area contributed by atoms with E-state index in [4.69, 9.17) is 4.74 Å². The van der Waals surface area contributed by atoms with Gasteiger partial charge in [-0.25, -0.2) is 13.2 Å². The lowest BCUT2D eigenvalue weighted by Crippen LogP contribution is -2.31. The number of halogens is 3. The molecule has 0 atom stereocenters. The predicted molar refractivity (Wildman–Crippen MR) is 67.4 cm³/mol. The molecule has 0 unspecified atom stereocenters. The van der Waals surface area contributed by atoms with Gasteiger partial charge in [-0.3, -0.25) is 0 Å². The molecule has 0 aliphatic rings. The summed E-state index contributed by atoms with van der Waals surface area (Å²) in [5.41, 5.74) is -0.110. The molecule has 0 radical (unpaired) electrons. The molecule has 108 valence electrons. The van der Waals surface area contributed by atoms with Gasteiger partial charge in [0.1, 0.15) is 17.5 Å². The van der Waals surface area contributed by atoms with E-state index in [1.807, 2.05) is 0 Å². The number of nitrogens with one attached hydrogen (secondary N) is 1. The molecular weight excluding hydrogens is 257 g/mol. The highest BCUT2D eigenvalue weighted by Gasteiger charge is 2.13. The largest absolute Gasteiger partial charge is 0.383 e. The molecule has 1 aromatic carbocycles. The van der Waals surface area contributed by atoms with Crippen LogP contribution in [0.2, 0.25) is 0 Å². The number of rotatable bonds is 8. The van der Waals surface area contributed by atoms with Gasteiger partial charge in [0, 0.05) is 51.0 Å². The normalized spacial score (nSPS) is 11.3. The third-order valence-corrected chi connectivity index (χ3v) is 2.69. The first-order valence-electron chi connectivity index (χ1n) is 6.06. The van der Waals surface area contributed by atoms with Gasteiger partial charge < -0.3 is 15.0 Å². The molecule has 0 amide bonds. The highest BCUT2D eigenvalue weighted by Crippen LogP contribution is 2.16. The molecule has 3 nitrogen and oxygen atoms in total. The van der Waals surface area contributed by atoms with Gasteiger partial charge in [-0.05, 0) is 7.05 Å². The van der Waals surface area contributed by atoms with Crippen molar-refractivity contribution in [3.8, 4) is 0 Å². The molecule has 0 heterocycles. The van der Waals surface area contributed by atoms with E-state index < -0.39 is 17.5 Å². The van der Waals surface area contributed by atoms with E-state index in [2.05, 4.69) is 5.32 Å². The molecule has 0 saturated carbocycles. The summed E-state index contributed by atoms with van der Waals surface area (Å²) in [5.74, 6) is -2.60. The van der Waals surface area contributed by atoms with E-state index in [0.717, 1.165) is 6.54 Å². The van der Waals surface area contributed by atoms with Crippen LogP contribution in [0.5, 0.6) is 0 Å². The van der Waals surface area contributed by atoms with Crippen LogP contribution >= 0.6 is 0 Å². The molecule has 1 rings (SSSR count). The van der Waals surface area contributed by atoms with Gasteiger partial charge in [-0.1, -0.05) is 0 Å². The summed E-state index contributed by atoms with van der Waals surface area (Å²) >= 11 is 0. The molecule has 6 heteroatoms. The van der Waals surface area contributed by atoms with Crippen molar-refractivity contribution < 1.29 is 17.9 Å². The fraction of sp³-hybridized carbons (Fsp3) is 0.538. The fourth-order valence-corrected chi connectivity index (χ4v) is 1.64. The maximum absolute atomic E-state index is 13.4. The molecule has 0 bridgehead atoms. The molecule has 1 aromatic rings. The first kappa shape index (κ1) is 15.9. The second kappa shape index (κ2) is 8.14. The zero-order valence-corrected chi connectivity index (χ0v) is 11.2. The number of likely N-dealkylation sites (N-methyl/N-ethyl adjacent to an activating group) is 1. The second-order valence-corrected chi connectivity index (χ2v) is 4.33. The van der Waals surface area contributed by atoms with Gasteiger partial charge in [0.05, 0.1) is 6.61 Å². The van der Waals surface area contributed by atoms with E-state index in [0.29, 0.717) is 31.8 Å². The first-order chi connectivity index (χ1) is 9.04. The van der Waals surface area contributed by atoms with Crippen LogP contribution in [0.4, 0.5) is 13.2 Å². The van der Waals surface area contributed by atoms with Gasteiger partial charge in [0.2, 0.25) is 0 Å². The van der Waals surface area contributed by atoms with Gasteiger partial charge >= 0.3 is 0 Å². The van der Waals surface area contributed by atoms with E-state index in [9.17, 15) is 13.2 Å². The Morgan fingerprint density at radius 3 is 2.37 bits per heavy atom. The van der Waals surface area contributed by atoms with Crippen molar-refractivity contribution in [3.63, 3.8) is 0 Å². The van der Waals surface area contributed by atoms with Crippen molar-refractivity contribution in [2.24, 2.45) is 0 Å². The van der Waals surface area contributed by atoms with Crippen molar-refractivity contribution in [2.75, 3.05) is 40.4 Å². The van der Waals surface area contributed by atoms with Gasteiger partial charge in [-0.15, -0.1) is 0 Å². The van der Waals surface area contributed by atoms with Crippen LogP contribution in [0, 0.1) is 17.5 Å². The van der Waals surface area contributed by atoms with E-state index in [1.165, 1.54) is 0 Å². The highest BCUT2D eigenvalue weighted by atomic mass is 19.1. The lowest BCUT2D eigenvalue weighted by atomic mass is 10.2. The Balaban J connectivity index is 2.42. The average Bonchev–Trinajstić information content (AvgIpc) is 2.33. The molecule has 0 saturated heterocycles. The molecule has 0 spiro atoms. The van der Waals surface area contributed by atoms with Crippen LogP contribution in [0.25, 0.3) is 0 Å². The summed E-state index contributed by atoms with van der Waals surface area (Å²) in [7, 11) is 3.37. The molecule has 19 heavy (non-hydrogen) atoms. The van der Waals surface area contributed by atoms with E-state index in [-0.39, 0.29) is 12.1 Å². The minimum Gasteiger partial charge on any atom is -0.383 e. The lowest BCUT2D eigenvalue weighted by Gasteiger charge is -2.17. The summed E-state index contributed by atoms with van der Waals surface area (Å²) in [6.45, 7) is 2.75. The Morgan fingerprint density at radius 2 is 1.79 bits per heavy atom. The molecule has 0 aliphatic carbocycles. The highest BCUT2D eigenvalue weighted by molar-refractivity contribution is 5.20. The molecular formula is C13H19F3N2O. The SMILES string of the molecule is COCCNCCN(C)Cc1c(F)cc(F)cc1F. The quantitative estimate of drug-likeness (QED) is 0.732. The van der Waals surface area contributed by atoms with Gasteiger partial charge in [0.25, 0.3) is 0 Å². The van der Waals surface area contributed by atoms with Crippen molar-refractivity contribution in [1.29, 1.82) is 0 Å². The number of methoxy groups -OCH3 is 1. The lowest BCUT2D eigenvalue weighted by molar-refractivity contribution is 0.197. The van der Waals surface area contributed by atoms with E-state index >= 15 is 0 Å². The number of benzene rings is 1. The smallest absolute Gasteiger partial charge is 0.133 e.